The Labute approximate surface area is 78.5 Å². The van der Waals surface area contributed by atoms with Crippen LogP contribution in [-0.2, 0) is 14.3 Å². The van der Waals surface area contributed by atoms with Crippen LogP contribution in [0.2, 0.25) is 0 Å². The Morgan fingerprint density at radius 2 is 1.85 bits per heavy atom. The van der Waals surface area contributed by atoms with Crippen LogP contribution in [0.25, 0.3) is 0 Å². The van der Waals surface area contributed by atoms with Crippen molar-refractivity contribution in [2.45, 2.75) is 32.6 Å². The van der Waals surface area contributed by atoms with Crippen molar-refractivity contribution in [3.8, 4) is 0 Å². The number of Topliss-reactive ketones (excluding diaryl/α,β-unsaturated/α-hetero) is 1. The van der Waals surface area contributed by atoms with Gasteiger partial charge >= 0.3 is 5.97 Å². The molecule has 0 amide bonds. The average Bonchev–Trinajstić information content (AvgIpc) is 2.17. The van der Waals surface area contributed by atoms with Crippen molar-refractivity contribution in [1.82, 2.24) is 0 Å². The van der Waals surface area contributed by atoms with Gasteiger partial charge in [0.05, 0.1) is 13.0 Å². The number of hydrogen-bond donors (Lipinski definition) is 0. The second-order valence-electron chi connectivity index (χ2n) is 3.69. The summed E-state index contributed by atoms with van der Waals surface area (Å²) in [6, 6.07) is 0. The van der Waals surface area contributed by atoms with Gasteiger partial charge in [0.25, 0.3) is 0 Å². The molecule has 3 nitrogen and oxygen atoms in total. The summed E-state index contributed by atoms with van der Waals surface area (Å²) < 4.78 is 4.67. The van der Waals surface area contributed by atoms with Crippen LogP contribution in [0.15, 0.2) is 0 Å². The first kappa shape index (κ1) is 10.2. The quantitative estimate of drug-likeness (QED) is 0.611. The third kappa shape index (κ3) is 2.54. The zero-order valence-electron chi connectivity index (χ0n) is 8.21. The minimum atomic E-state index is -0.161. The molecule has 0 unspecified atom stereocenters. The van der Waals surface area contributed by atoms with E-state index in [2.05, 4.69) is 4.74 Å². The van der Waals surface area contributed by atoms with E-state index in [1.54, 1.807) is 6.92 Å². The molecule has 1 aliphatic rings. The number of carbonyl (C=O) groups is 2. The number of ether oxygens (including phenoxy) is 1. The summed E-state index contributed by atoms with van der Waals surface area (Å²) in [7, 11) is 1.40. The molecule has 74 valence electrons. The lowest BCUT2D eigenvalue weighted by molar-refractivity contribution is -0.147. The van der Waals surface area contributed by atoms with Gasteiger partial charge < -0.3 is 4.74 Å². The maximum atomic E-state index is 11.2. The third-order valence-electron chi connectivity index (χ3n) is 2.78. The number of hydrogen-bond acceptors (Lipinski definition) is 3. The van der Waals surface area contributed by atoms with E-state index in [0.717, 1.165) is 19.3 Å². The molecule has 0 heterocycles. The molecule has 0 saturated heterocycles. The normalized spacial score (nSPS) is 28.2. The van der Waals surface area contributed by atoms with Gasteiger partial charge in [-0.25, -0.2) is 0 Å². The molecule has 1 fully saturated rings. The minimum absolute atomic E-state index is 0.0485. The van der Waals surface area contributed by atoms with Crippen molar-refractivity contribution in [2.75, 3.05) is 7.11 Å². The van der Waals surface area contributed by atoms with Crippen LogP contribution in [0.3, 0.4) is 0 Å². The van der Waals surface area contributed by atoms with Gasteiger partial charge in [-0.1, -0.05) is 6.42 Å². The Morgan fingerprint density at radius 1 is 1.23 bits per heavy atom. The average molecular weight is 184 g/mol. The Kier molecular flexibility index (Phi) is 3.46. The maximum absolute atomic E-state index is 11.2. The fourth-order valence-electron chi connectivity index (χ4n) is 1.94. The molecule has 0 aromatic carbocycles. The molecule has 13 heavy (non-hydrogen) atoms. The van der Waals surface area contributed by atoms with E-state index in [-0.39, 0.29) is 23.6 Å². The van der Waals surface area contributed by atoms with E-state index < -0.39 is 0 Å². The summed E-state index contributed by atoms with van der Waals surface area (Å²) >= 11 is 0. The number of ketones is 1. The highest BCUT2D eigenvalue weighted by molar-refractivity contribution is 5.80. The lowest BCUT2D eigenvalue weighted by Crippen LogP contribution is -2.27. The fourth-order valence-corrected chi connectivity index (χ4v) is 1.94. The molecule has 1 aliphatic carbocycles. The number of methoxy groups -OCH3 is 1. The van der Waals surface area contributed by atoms with Crippen LogP contribution in [0.5, 0.6) is 0 Å². The molecule has 0 radical (unpaired) electrons. The molecule has 0 aromatic heterocycles. The van der Waals surface area contributed by atoms with Crippen molar-refractivity contribution in [3.05, 3.63) is 0 Å². The second-order valence-corrected chi connectivity index (χ2v) is 3.69. The summed E-state index contributed by atoms with van der Waals surface area (Å²) in [6.45, 7) is 1.60. The Morgan fingerprint density at radius 3 is 2.38 bits per heavy atom. The van der Waals surface area contributed by atoms with E-state index in [4.69, 9.17) is 0 Å². The molecular weight excluding hydrogens is 168 g/mol. The largest absolute Gasteiger partial charge is 0.469 e. The maximum Gasteiger partial charge on any atom is 0.308 e. The predicted octanol–water partition coefficient (Wildman–Crippen LogP) is 1.55. The van der Waals surface area contributed by atoms with Gasteiger partial charge in [-0.15, -0.1) is 0 Å². The molecule has 0 N–H and O–H groups in total. The first-order chi connectivity index (χ1) is 6.15. The topological polar surface area (TPSA) is 43.4 Å². The van der Waals surface area contributed by atoms with Crippen LogP contribution in [0.4, 0.5) is 0 Å². The highest BCUT2D eigenvalue weighted by Gasteiger charge is 2.29. The van der Waals surface area contributed by atoms with E-state index in [9.17, 15) is 9.59 Å². The Bertz CT molecular complexity index is 210. The molecule has 3 heteroatoms. The number of esters is 1. The summed E-state index contributed by atoms with van der Waals surface area (Å²) in [6.07, 6.45) is 3.45. The van der Waals surface area contributed by atoms with Crippen LogP contribution >= 0.6 is 0 Å². The first-order valence-electron chi connectivity index (χ1n) is 4.73. The van der Waals surface area contributed by atoms with Crippen LogP contribution in [0, 0.1) is 11.8 Å². The number of rotatable bonds is 2. The minimum Gasteiger partial charge on any atom is -0.469 e. The molecule has 0 spiro atoms. The van der Waals surface area contributed by atoms with E-state index in [1.165, 1.54) is 7.11 Å². The molecule has 1 saturated carbocycles. The van der Waals surface area contributed by atoms with Crippen molar-refractivity contribution in [2.24, 2.45) is 11.8 Å². The molecule has 0 bridgehead atoms. The van der Waals surface area contributed by atoms with Gasteiger partial charge in [-0.3, -0.25) is 9.59 Å². The monoisotopic (exact) mass is 184 g/mol. The van der Waals surface area contributed by atoms with Crippen LogP contribution in [0.1, 0.15) is 32.6 Å². The van der Waals surface area contributed by atoms with E-state index in [1.807, 2.05) is 0 Å². The molecule has 1 rings (SSSR count). The molecule has 0 aliphatic heterocycles. The fraction of sp³-hybridized carbons (Fsp3) is 0.800. The van der Waals surface area contributed by atoms with Crippen LogP contribution in [-0.4, -0.2) is 18.9 Å². The summed E-state index contributed by atoms with van der Waals surface area (Å²) in [4.78, 5) is 22.3. The summed E-state index contributed by atoms with van der Waals surface area (Å²) in [5.41, 5.74) is 0. The first-order valence-corrected chi connectivity index (χ1v) is 4.73. The summed E-state index contributed by atoms with van der Waals surface area (Å²) in [5, 5.41) is 0. The van der Waals surface area contributed by atoms with E-state index >= 15 is 0 Å². The van der Waals surface area contributed by atoms with Crippen molar-refractivity contribution >= 4 is 11.8 Å². The highest BCUT2D eigenvalue weighted by Crippen LogP contribution is 2.30. The standard InChI is InChI=1S/C10H16O3/c1-7(11)8-4-3-5-9(6-8)10(12)13-2/h8-9H,3-6H2,1-2H3/t8-,9+/m0/s1. The van der Waals surface area contributed by atoms with Gasteiger partial charge in [0.1, 0.15) is 5.78 Å². The zero-order chi connectivity index (χ0) is 9.84. The predicted molar refractivity (Wildman–Crippen MR) is 48.1 cm³/mol. The van der Waals surface area contributed by atoms with Crippen molar-refractivity contribution in [3.63, 3.8) is 0 Å². The lowest BCUT2D eigenvalue weighted by atomic mass is 9.80. The van der Waals surface area contributed by atoms with Gasteiger partial charge in [0.2, 0.25) is 0 Å². The number of carbonyl (C=O) groups excluding carboxylic acids is 2. The Balaban J connectivity index is 2.51. The van der Waals surface area contributed by atoms with Crippen LogP contribution < -0.4 is 0 Å². The summed E-state index contributed by atoms with van der Waals surface area (Å²) in [5.74, 6) is 0.0741. The second kappa shape index (κ2) is 4.40. The third-order valence-corrected chi connectivity index (χ3v) is 2.78. The van der Waals surface area contributed by atoms with E-state index in [0.29, 0.717) is 6.42 Å². The van der Waals surface area contributed by atoms with Crippen molar-refractivity contribution in [1.29, 1.82) is 0 Å². The Hall–Kier alpha value is -0.860. The van der Waals surface area contributed by atoms with Crippen molar-refractivity contribution < 1.29 is 14.3 Å². The van der Waals surface area contributed by atoms with Gasteiger partial charge in [0, 0.05) is 5.92 Å². The lowest BCUT2D eigenvalue weighted by Gasteiger charge is -2.25. The molecule has 2 atom stereocenters. The molecular formula is C10H16O3. The van der Waals surface area contributed by atoms with Gasteiger partial charge in [0.15, 0.2) is 0 Å². The SMILES string of the molecule is COC(=O)[C@@H]1CCC[C@H](C(C)=O)C1. The highest BCUT2D eigenvalue weighted by atomic mass is 16.5. The smallest absolute Gasteiger partial charge is 0.308 e. The van der Waals surface area contributed by atoms with Gasteiger partial charge in [-0.05, 0) is 26.2 Å². The van der Waals surface area contributed by atoms with Gasteiger partial charge in [-0.2, -0.15) is 0 Å². The molecule has 0 aromatic rings. The zero-order valence-corrected chi connectivity index (χ0v) is 8.21.